The van der Waals surface area contributed by atoms with Crippen LogP contribution in [0, 0.1) is 0 Å². The van der Waals surface area contributed by atoms with Crippen molar-refractivity contribution in [1.29, 1.82) is 0 Å². The summed E-state index contributed by atoms with van der Waals surface area (Å²) >= 11 is 0. The fourth-order valence-corrected chi connectivity index (χ4v) is 0.143. The van der Waals surface area contributed by atoms with Gasteiger partial charge in [-0.2, -0.15) is 0 Å². The molecule has 2 radical (unpaired) electrons. The second-order valence-electron chi connectivity index (χ2n) is 2.46. The van der Waals surface area contributed by atoms with Gasteiger partial charge in [-0.3, -0.25) is 0 Å². The molecule has 0 aromatic rings. The maximum Gasteiger partial charge on any atom is 2.00 e. The molecule has 0 amide bonds. The first-order valence-corrected chi connectivity index (χ1v) is 4.70. The second kappa shape index (κ2) is 18.8. The number of carbonyl (C=O) groups is 4. The Bertz CT molecular complexity index is 281. The van der Waals surface area contributed by atoms with Gasteiger partial charge in [-0.25, -0.2) is 9.59 Å². The van der Waals surface area contributed by atoms with Gasteiger partial charge in [-0.1, -0.05) is 13.8 Å². The summed E-state index contributed by atoms with van der Waals surface area (Å²) in [6.45, 7) is 3.07. The van der Waals surface area contributed by atoms with Crippen molar-refractivity contribution in [2.45, 2.75) is 26.7 Å². The normalized spacial score (nSPS) is 7.89. The van der Waals surface area contributed by atoms with Crippen molar-refractivity contribution < 1.29 is 39.6 Å². The Morgan fingerprint density at radius 2 is 1.00 bits per heavy atom. The van der Waals surface area contributed by atoms with E-state index in [1.165, 1.54) is 13.8 Å². The number of carbonyl (C=O) groups excluding carboxylic acids is 2. The van der Waals surface area contributed by atoms with Gasteiger partial charge in [0.1, 0.15) is 0 Å². The van der Waals surface area contributed by atoms with Crippen molar-refractivity contribution in [3.05, 3.63) is 12.2 Å². The van der Waals surface area contributed by atoms with E-state index < -0.39 is 23.9 Å². The molecule has 19 heavy (non-hydrogen) atoms. The molecule has 0 saturated carbocycles. The summed E-state index contributed by atoms with van der Waals surface area (Å²) in [5.41, 5.74) is 0. The average Bonchev–Trinajstić information content (AvgIpc) is 2.27. The van der Waals surface area contributed by atoms with Crippen LogP contribution in [-0.4, -0.2) is 58.0 Å². The van der Waals surface area contributed by atoms with Gasteiger partial charge in [0.2, 0.25) is 0 Å². The predicted molar refractivity (Wildman–Crippen MR) is 60.8 cm³/mol. The van der Waals surface area contributed by atoms with Gasteiger partial charge in [-0.15, -0.1) is 0 Å². The minimum absolute atomic E-state index is 0. The topological polar surface area (TPSA) is 155 Å². The summed E-state index contributed by atoms with van der Waals surface area (Å²) in [5, 5.41) is 34.1. The molecule has 0 spiro atoms. The molecule has 2 N–H and O–H groups in total. The summed E-state index contributed by atoms with van der Waals surface area (Å²) in [6.07, 6.45) is 1.34. The van der Waals surface area contributed by atoms with Gasteiger partial charge in [0, 0.05) is 24.1 Å². The SMILES string of the molecule is CCC(=O)[O-].CCC(=O)[O-].O=C(O)/C=C\C(=O)O.[Sn+2]. The monoisotopic (exact) mass is 382 g/mol. The van der Waals surface area contributed by atoms with Crippen LogP contribution in [0.15, 0.2) is 12.2 Å². The van der Waals surface area contributed by atoms with Crippen LogP contribution < -0.4 is 10.2 Å². The van der Waals surface area contributed by atoms with E-state index in [1.54, 1.807) is 0 Å². The Balaban J connectivity index is -0.0000000906. The van der Waals surface area contributed by atoms with Crippen LogP contribution in [0.2, 0.25) is 0 Å². The molecule has 8 nitrogen and oxygen atoms in total. The minimum atomic E-state index is -1.26. The summed E-state index contributed by atoms with van der Waals surface area (Å²) in [5.74, 6) is -4.50. The summed E-state index contributed by atoms with van der Waals surface area (Å²) in [7, 11) is 0. The van der Waals surface area contributed by atoms with Crippen molar-refractivity contribution in [2.24, 2.45) is 0 Å². The number of hydrogen-bond acceptors (Lipinski definition) is 6. The molecule has 0 saturated heterocycles. The Morgan fingerprint density at radius 3 is 1.05 bits per heavy atom. The van der Waals surface area contributed by atoms with Crippen LogP contribution in [-0.2, 0) is 19.2 Å². The average molecular weight is 381 g/mol. The Labute approximate surface area is 126 Å². The van der Waals surface area contributed by atoms with Crippen molar-refractivity contribution in [3.63, 3.8) is 0 Å². The molecule has 0 bridgehead atoms. The third-order valence-corrected chi connectivity index (χ3v) is 0.946. The van der Waals surface area contributed by atoms with E-state index in [2.05, 4.69) is 0 Å². The number of rotatable bonds is 4. The molecular weight excluding hydrogens is 367 g/mol. The third kappa shape index (κ3) is 62.0. The largest absolute Gasteiger partial charge is 2.00 e. The van der Waals surface area contributed by atoms with Crippen molar-refractivity contribution in [2.75, 3.05) is 0 Å². The predicted octanol–water partition coefficient (Wildman–Crippen LogP) is -2.38. The second-order valence-corrected chi connectivity index (χ2v) is 2.46. The fraction of sp³-hybridized carbons (Fsp3) is 0.400. The zero-order valence-corrected chi connectivity index (χ0v) is 13.3. The molecule has 0 aliphatic heterocycles. The Kier molecular flexibility index (Phi) is 25.8. The van der Waals surface area contributed by atoms with Crippen LogP contribution in [0.5, 0.6) is 0 Å². The van der Waals surface area contributed by atoms with E-state index in [0.717, 1.165) is 0 Å². The molecule has 0 fully saturated rings. The van der Waals surface area contributed by atoms with Gasteiger partial charge in [0.25, 0.3) is 0 Å². The summed E-state index contributed by atoms with van der Waals surface area (Å²) in [4.78, 5) is 37.6. The van der Waals surface area contributed by atoms with E-state index in [1.807, 2.05) is 0 Å². The number of hydrogen-bond donors (Lipinski definition) is 2. The van der Waals surface area contributed by atoms with Crippen LogP contribution in [0.4, 0.5) is 0 Å². The molecule has 0 rings (SSSR count). The van der Waals surface area contributed by atoms with E-state index in [0.29, 0.717) is 12.2 Å². The molecule has 0 unspecified atom stereocenters. The van der Waals surface area contributed by atoms with Crippen LogP contribution in [0.25, 0.3) is 0 Å². The third-order valence-electron chi connectivity index (χ3n) is 0.946. The smallest absolute Gasteiger partial charge is 0.550 e. The first kappa shape index (κ1) is 26.1. The molecule has 0 aromatic carbocycles. The first-order chi connectivity index (χ1) is 8.17. The zero-order valence-electron chi connectivity index (χ0n) is 10.4. The summed E-state index contributed by atoms with van der Waals surface area (Å²) in [6, 6.07) is 0. The van der Waals surface area contributed by atoms with E-state index >= 15 is 0 Å². The quantitative estimate of drug-likeness (QED) is 0.404. The molecule has 106 valence electrons. The van der Waals surface area contributed by atoms with Gasteiger partial charge in [0.05, 0.1) is 0 Å². The summed E-state index contributed by atoms with van der Waals surface area (Å²) < 4.78 is 0. The van der Waals surface area contributed by atoms with Crippen LogP contribution >= 0.6 is 0 Å². The molecule has 0 atom stereocenters. The maximum absolute atomic E-state index is 9.55. The molecule has 9 heteroatoms. The number of aliphatic carboxylic acids is 4. The molecule has 0 aliphatic rings. The minimum Gasteiger partial charge on any atom is -0.550 e. The van der Waals surface area contributed by atoms with Gasteiger partial charge in [0.15, 0.2) is 0 Å². The van der Waals surface area contributed by atoms with E-state index in [4.69, 9.17) is 10.2 Å². The van der Waals surface area contributed by atoms with Gasteiger partial charge in [-0.05, 0) is 12.8 Å². The Hall–Kier alpha value is -1.58. The van der Waals surface area contributed by atoms with Crippen LogP contribution in [0.3, 0.4) is 0 Å². The molecule has 0 aromatic heterocycles. The van der Waals surface area contributed by atoms with E-state index in [-0.39, 0.29) is 36.7 Å². The Morgan fingerprint density at radius 1 is 0.842 bits per heavy atom. The molecule has 0 heterocycles. The van der Waals surface area contributed by atoms with Crippen molar-refractivity contribution in [3.8, 4) is 0 Å². The standard InChI is InChI=1S/C4H4O4.2C3H6O2.Sn/c5-3(6)1-2-4(7)8;2*1-2-3(4)5;/h1-2H,(H,5,6)(H,7,8);2*2H2,1H3,(H,4,5);/q;;;+2/p-2/b2-1-;;;. The van der Waals surface area contributed by atoms with E-state index in [9.17, 15) is 29.4 Å². The maximum atomic E-state index is 9.55. The number of carboxylic acids is 4. The van der Waals surface area contributed by atoms with Crippen LogP contribution in [0.1, 0.15) is 26.7 Å². The van der Waals surface area contributed by atoms with Crippen molar-refractivity contribution in [1.82, 2.24) is 0 Å². The zero-order chi connectivity index (χ0) is 15.1. The first-order valence-electron chi connectivity index (χ1n) is 4.70. The van der Waals surface area contributed by atoms with Gasteiger partial charge >= 0.3 is 35.8 Å². The van der Waals surface area contributed by atoms with Crippen molar-refractivity contribution >= 4 is 47.8 Å². The number of carboxylic acid groups (broad SMARTS) is 4. The molecule has 0 aliphatic carbocycles. The van der Waals surface area contributed by atoms with Gasteiger partial charge < -0.3 is 30.0 Å². The molecular formula is C10H14O8Sn. The fourth-order valence-electron chi connectivity index (χ4n) is 0.143.